The standard InChI is InChI=1S/C17H17Cl2NO/c1-2-12-3-5-13(6-4-12)7-10-17(21)20-16-9-8-14(18)11-15(16)19/h3-6,8-9,11H,2,7,10H2,1H3,(H,20,21). The number of hydrogen-bond donors (Lipinski definition) is 1. The van der Waals surface area contributed by atoms with Gasteiger partial charge in [0.25, 0.3) is 0 Å². The van der Waals surface area contributed by atoms with Crippen molar-refractivity contribution >= 4 is 34.8 Å². The van der Waals surface area contributed by atoms with Gasteiger partial charge in [0.15, 0.2) is 0 Å². The van der Waals surface area contributed by atoms with Crippen molar-refractivity contribution in [1.29, 1.82) is 0 Å². The van der Waals surface area contributed by atoms with Gasteiger partial charge in [-0.3, -0.25) is 4.79 Å². The predicted molar refractivity (Wildman–Crippen MR) is 89.2 cm³/mol. The van der Waals surface area contributed by atoms with Gasteiger partial charge in [-0.05, 0) is 42.2 Å². The lowest BCUT2D eigenvalue weighted by Crippen LogP contribution is -2.12. The summed E-state index contributed by atoms with van der Waals surface area (Å²) in [6, 6.07) is 13.4. The minimum absolute atomic E-state index is 0.0567. The van der Waals surface area contributed by atoms with Gasteiger partial charge in [0.05, 0.1) is 10.7 Å². The minimum Gasteiger partial charge on any atom is -0.325 e. The van der Waals surface area contributed by atoms with E-state index < -0.39 is 0 Å². The number of hydrogen-bond acceptors (Lipinski definition) is 1. The minimum atomic E-state index is -0.0567. The number of carbonyl (C=O) groups is 1. The first kappa shape index (κ1) is 15.9. The number of benzene rings is 2. The molecule has 0 fully saturated rings. The van der Waals surface area contributed by atoms with Crippen LogP contribution in [0.2, 0.25) is 10.0 Å². The molecule has 2 aromatic carbocycles. The second-order valence-corrected chi connectivity index (χ2v) is 5.69. The first-order valence-electron chi connectivity index (χ1n) is 6.91. The molecule has 0 radical (unpaired) electrons. The normalized spacial score (nSPS) is 10.4. The van der Waals surface area contributed by atoms with Crippen LogP contribution in [0.1, 0.15) is 24.5 Å². The molecule has 4 heteroatoms. The highest BCUT2D eigenvalue weighted by atomic mass is 35.5. The summed E-state index contributed by atoms with van der Waals surface area (Å²) in [7, 11) is 0. The van der Waals surface area contributed by atoms with Crippen molar-refractivity contribution in [3.05, 3.63) is 63.6 Å². The Kier molecular flexibility index (Phi) is 5.66. The van der Waals surface area contributed by atoms with Crippen LogP contribution in [0.25, 0.3) is 0 Å². The van der Waals surface area contributed by atoms with Gasteiger partial charge in [0, 0.05) is 11.4 Å². The fraction of sp³-hybridized carbons (Fsp3) is 0.235. The highest BCUT2D eigenvalue weighted by Crippen LogP contribution is 2.25. The van der Waals surface area contributed by atoms with E-state index in [-0.39, 0.29) is 5.91 Å². The molecule has 2 aromatic rings. The molecule has 1 N–H and O–H groups in total. The third kappa shape index (κ3) is 4.76. The molecule has 0 spiro atoms. The summed E-state index contributed by atoms with van der Waals surface area (Å²) >= 11 is 11.8. The zero-order valence-electron chi connectivity index (χ0n) is 11.8. The Labute approximate surface area is 135 Å². The molecule has 0 aromatic heterocycles. The molecule has 21 heavy (non-hydrogen) atoms. The van der Waals surface area contributed by atoms with Crippen LogP contribution in [0.15, 0.2) is 42.5 Å². The number of amides is 1. The van der Waals surface area contributed by atoms with Gasteiger partial charge in [-0.2, -0.15) is 0 Å². The first-order chi connectivity index (χ1) is 10.1. The van der Waals surface area contributed by atoms with Crippen molar-refractivity contribution in [2.45, 2.75) is 26.2 Å². The van der Waals surface area contributed by atoms with E-state index in [1.54, 1.807) is 18.2 Å². The molecule has 0 saturated heterocycles. The number of aryl methyl sites for hydroxylation is 2. The number of nitrogens with one attached hydrogen (secondary N) is 1. The fourth-order valence-electron chi connectivity index (χ4n) is 2.00. The average molecular weight is 322 g/mol. The number of anilines is 1. The van der Waals surface area contributed by atoms with E-state index in [1.165, 1.54) is 5.56 Å². The quantitative estimate of drug-likeness (QED) is 0.812. The summed E-state index contributed by atoms with van der Waals surface area (Å²) in [5.74, 6) is -0.0567. The van der Waals surface area contributed by atoms with Gasteiger partial charge in [0.1, 0.15) is 0 Å². The number of rotatable bonds is 5. The van der Waals surface area contributed by atoms with Crippen LogP contribution in [-0.2, 0) is 17.6 Å². The predicted octanol–water partition coefficient (Wildman–Crippen LogP) is 5.13. The summed E-state index contributed by atoms with van der Waals surface area (Å²) in [6.07, 6.45) is 2.15. The molecule has 2 rings (SSSR count). The smallest absolute Gasteiger partial charge is 0.224 e. The van der Waals surface area contributed by atoms with E-state index in [9.17, 15) is 4.79 Å². The molecule has 0 heterocycles. The maximum absolute atomic E-state index is 11.9. The van der Waals surface area contributed by atoms with Gasteiger partial charge in [0.2, 0.25) is 5.91 Å². The average Bonchev–Trinajstić information content (AvgIpc) is 2.48. The highest BCUT2D eigenvalue weighted by Gasteiger charge is 2.06. The van der Waals surface area contributed by atoms with Gasteiger partial charge in [-0.15, -0.1) is 0 Å². The van der Waals surface area contributed by atoms with E-state index in [4.69, 9.17) is 23.2 Å². The van der Waals surface area contributed by atoms with Gasteiger partial charge >= 0.3 is 0 Å². The van der Waals surface area contributed by atoms with Crippen LogP contribution in [-0.4, -0.2) is 5.91 Å². The third-order valence-corrected chi connectivity index (χ3v) is 3.82. The molecular weight excluding hydrogens is 305 g/mol. The summed E-state index contributed by atoms with van der Waals surface area (Å²) in [5.41, 5.74) is 3.05. The molecule has 110 valence electrons. The van der Waals surface area contributed by atoms with Crippen LogP contribution >= 0.6 is 23.2 Å². The van der Waals surface area contributed by atoms with Gasteiger partial charge < -0.3 is 5.32 Å². The van der Waals surface area contributed by atoms with Crippen LogP contribution < -0.4 is 5.32 Å². The van der Waals surface area contributed by atoms with E-state index in [0.717, 1.165) is 12.0 Å². The van der Waals surface area contributed by atoms with Crippen LogP contribution in [0.5, 0.6) is 0 Å². The van der Waals surface area contributed by atoms with Crippen molar-refractivity contribution in [3.63, 3.8) is 0 Å². The molecule has 0 unspecified atom stereocenters. The molecule has 1 amide bonds. The monoisotopic (exact) mass is 321 g/mol. The second-order valence-electron chi connectivity index (χ2n) is 4.84. The Hall–Kier alpha value is -1.51. The zero-order valence-corrected chi connectivity index (χ0v) is 13.3. The Bertz CT molecular complexity index is 623. The third-order valence-electron chi connectivity index (χ3n) is 3.28. The van der Waals surface area contributed by atoms with Gasteiger partial charge in [-0.1, -0.05) is 54.4 Å². The summed E-state index contributed by atoms with van der Waals surface area (Å²) in [4.78, 5) is 11.9. The van der Waals surface area contributed by atoms with Crippen molar-refractivity contribution in [2.24, 2.45) is 0 Å². The second kappa shape index (κ2) is 7.48. The molecule has 0 saturated carbocycles. The number of carbonyl (C=O) groups excluding carboxylic acids is 1. The lowest BCUT2D eigenvalue weighted by molar-refractivity contribution is -0.116. The summed E-state index contributed by atoms with van der Waals surface area (Å²) in [6.45, 7) is 2.12. The molecule has 0 aliphatic heterocycles. The van der Waals surface area contributed by atoms with Crippen LogP contribution in [0.3, 0.4) is 0 Å². The largest absolute Gasteiger partial charge is 0.325 e. The van der Waals surface area contributed by atoms with Crippen molar-refractivity contribution in [3.8, 4) is 0 Å². The Morgan fingerprint density at radius 3 is 2.33 bits per heavy atom. The van der Waals surface area contributed by atoms with E-state index in [2.05, 4.69) is 36.5 Å². The number of halogens is 2. The molecule has 0 bridgehead atoms. The van der Waals surface area contributed by atoms with E-state index >= 15 is 0 Å². The topological polar surface area (TPSA) is 29.1 Å². The lowest BCUT2D eigenvalue weighted by atomic mass is 10.1. The Balaban J connectivity index is 1.89. The fourth-order valence-corrected chi connectivity index (χ4v) is 2.46. The van der Waals surface area contributed by atoms with Crippen LogP contribution in [0.4, 0.5) is 5.69 Å². The Morgan fingerprint density at radius 2 is 1.71 bits per heavy atom. The lowest BCUT2D eigenvalue weighted by Gasteiger charge is -2.08. The summed E-state index contributed by atoms with van der Waals surface area (Å²) < 4.78 is 0. The van der Waals surface area contributed by atoms with Crippen molar-refractivity contribution in [1.82, 2.24) is 0 Å². The highest BCUT2D eigenvalue weighted by molar-refractivity contribution is 6.36. The molecule has 0 aliphatic rings. The molecule has 0 atom stereocenters. The molecule has 0 aliphatic carbocycles. The van der Waals surface area contributed by atoms with E-state index in [0.29, 0.717) is 28.6 Å². The van der Waals surface area contributed by atoms with Crippen molar-refractivity contribution < 1.29 is 4.79 Å². The van der Waals surface area contributed by atoms with Gasteiger partial charge in [-0.25, -0.2) is 0 Å². The molecular formula is C17H17Cl2NO. The summed E-state index contributed by atoms with van der Waals surface area (Å²) in [5, 5.41) is 3.80. The van der Waals surface area contributed by atoms with Crippen LogP contribution in [0, 0.1) is 0 Å². The van der Waals surface area contributed by atoms with Crippen molar-refractivity contribution in [2.75, 3.05) is 5.32 Å². The maximum atomic E-state index is 11.9. The Morgan fingerprint density at radius 1 is 1.05 bits per heavy atom. The SMILES string of the molecule is CCc1ccc(CCC(=O)Nc2ccc(Cl)cc2Cl)cc1. The first-order valence-corrected chi connectivity index (χ1v) is 7.67. The zero-order chi connectivity index (χ0) is 15.2. The maximum Gasteiger partial charge on any atom is 0.224 e. The van der Waals surface area contributed by atoms with E-state index in [1.807, 2.05) is 0 Å². The molecule has 2 nitrogen and oxygen atoms in total.